The third kappa shape index (κ3) is 2.19. The van der Waals surface area contributed by atoms with E-state index in [2.05, 4.69) is 15.9 Å². The monoisotopic (exact) mass is 274 g/mol. The lowest BCUT2D eigenvalue weighted by Crippen LogP contribution is -2.09. The second-order valence-electron chi connectivity index (χ2n) is 3.18. The van der Waals surface area contributed by atoms with Gasteiger partial charge in [-0.15, -0.1) is 11.3 Å². The molecule has 14 heavy (non-hydrogen) atoms. The van der Waals surface area contributed by atoms with Crippen molar-refractivity contribution >= 4 is 27.3 Å². The van der Waals surface area contributed by atoms with Crippen LogP contribution in [0.4, 0.5) is 0 Å². The zero-order valence-corrected chi connectivity index (χ0v) is 9.97. The number of allylic oxidation sites excluding steroid dienone is 1. The van der Waals surface area contributed by atoms with Gasteiger partial charge in [-0.25, -0.2) is 0 Å². The molecule has 1 aliphatic rings. The summed E-state index contributed by atoms with van der Waals surface area (Å²) >= 11 is 4.94. The van der Waals surface area contributed by atoms with Gasteiger partial charge in [-0.1, -0.05) is 0 Å². The third-order valence-corrected chi connectivity index (χ3v) is 3.66. The van der Waals surface area contributed by atoms with Gasteiger partial charge in [0.05, 0.1) is 10.4 Å². The third-order valence-electron chi connectivity index (χ3n) is 2.14. The average molecular weight is 275 g/mol. The molecule has 76 valence electrons. The first kappa shape index (κ1) is 10.2. The van der Waals surface area contributed by atoms with Gasteiger partial charge < -0.3 is 9.84 Å². The molecule has 0 fully saturated rings. The van der Waals surface area contributed by atoms with Crippen molar-refractivity contribution in [2.45, 2.75) is 18.9 Å². The largest absolute Gasteiger partial charge is 0.495 e. The second-order valence-corrected chi connectivity index (χ2v) is 5.47. The molecule has 1 atom stereocenters. The van der Waals surface area contributed by atoms with E-state index in [1.807, 2.05) is 17.5 Å². The van der Waals surface area contributed by atoms with Gasteiger partial charge in [0.2, 0.25) is 0 Å². The van der Waals surface area contributed by atoms with Crippen LogP contribution in [0.5, 0.6) is 0 Å². The first-order valence-electron chi connectivity index (χ1n) is 4.52. The Kier molecular flexibility index (Phi) is 3.26. The molecule has 2 rings (SSSR count). The Morgan fingerprint density at radius 2 is 2.43 bits per heavy atom. The first-order chi connectivity index (χ1) is 6.77. The highest BCUT2D eigenvalue weighted by Gasteiger charge is 2.17. The Morgan fingerprint density at radius 1 is 1.57 bits per heavy atom. The second kappa shape index (κ2) is 4.47. The molecule has 0 radical (unpaired) electrons. The highest BCUT2D eigenvalue weighted by Crippen LogP contribution is 2.31. The van der Waals surface area contributed by atoms with Crippen molar-refractivity contribution in [1.82, 2.24) is 0 Å². The van der Waals surface area contributed by atoms with Gasteiger partial charge in [-0.3, -0.25) is 0 Å². The van der Waals surface area contributed by atoms with E-state index < -0.39 is 6.10 Å². The first-order valence-corrected chi connectivity index (χ1v) is 6.19. The van der Waals surface area contributed by atoms with Gasteiger partial charge in [-0.05, 0) is 51.9 Å². The number of aliphatic hydroxyl groups excluding tert-OH is 1. The normalized spacial score (nSPS) is 18.6. The molecule has 1 unspecified atom stereocenters. The quantitative estimate of drug-likeness (QED) is 0.897. The molecule has 1 N–H and O–H groups in total. The fourth-order valence-corrected chi connectivity index (χ4v) is 2.59. The molecular formula is C10H11BrO2S. The molecule has 4 heteroatoms. The number of ether oxygens (including phenoxy) is 1. The van der Waals surface area contributed by atoms with Crippen LogP contribution in [0.3, 0.4) is 0 Å². The maximum absolute atomic E-state index is 9.95. The number of thiophene rings is 1. The molecule has 1 aromatic heterocycles. The Morgan fingerprint density at radius 3 is 3.00 bits per heavy atom. The van der Waals surface area contributed by atoms with Crippen LogP contribution in [-0.2, 0) is 4.74 Å². The fraction of sp³-hybridized carbons (Fsp3) is 0.400. The highest BCUT2D eigenvalue weighted by molar-refractivity contribution is 9.11. The highest BCUT2D eigenvalue weighted by atomic mass is 79.9. The predicted octanol–water partition coefficient (Wildman–Crippen LogP) is 3.24. The van der Waals surface area contributed by atoms with Crippen molar-refractivity contribution in [3.05, 3.63) is 32.6 Å². The van der Waals surface area contributed by atoms with E-state index >= 15 is 0 Å². The number of hydrogen-bond donors (Lipinski definition) is 1. The smallest absolute Gasteiger partial charge is 0.137 e. The minimum Gasteiger partial charge on any atom is -0.495 e. The summed E-state index contributed by atoms with van der Waals surface area (Å²) in [5.41, 5.74) is 0.898. The number of halogens is 1. The molecule has 0 bridgehead atoms. The minimum absolute atomic E-state index is 0.599. The van der Waals surface area contributed by atoms with Crippen molar-refractivity contribution in [3.8, 4) is 0 Å². The van der Waals surface area contributed by atoms with Crippen LogP contribution in [0.15, 0.2) is 27.1 Å². The molecular weight excluding hydrogens is 264 g/mol. The SMILES string of the molecule is OC(C1=CCCCO1)c1csc(Br)c1. The summed E-state index contributed by atoms with van der Waals surface area (Å²) in [5.74, 6) is 0.696. The van der Waals surface area contributed by atoms with Crippen molar-refractivity contribution in [3.63, 3.8) is 0 Å². The molecule has 0 amide bonds. The number of hydrogen-bond acceptors (Lipinski definition) is 3. The maximum Gasteiger partial charge on any atom is 0.137 e. The molecule has 0 saturated carbocycles. The van der Waals surface area contributed by atoms with Gasteiger partial charge in [0, 0.05) is 0 Å². The van der Waals surface area contributed by atoms with Crippen molar-refractivity contribution < 1.29 is 9.84 Å². The van der Waals surface area contributed by atoms with E-state index in [9.17, 15) is 5.11 Å². The van der Waals surface area contributed by atoms with Gasteiger partial charge in [0.15, 0.2) is 0 Å². The van der Waals surface area contributed by atoms with Crippen molar-refractivity contribution in [2.75, 3.05) is 6.61 Å². The predicted molar refractivity (Wildman–Crippen MR) is 60.2 cm³/mol. The van der Waals surface area contributed by atoms with Gasteiger partial charge in [0.25, 0.3) is 0 Å². The summed E-state index contributed by atoms with van der Waals surface area (Å²) < 4.78 is 6.43. The molecule has 2 nitrogen and oxygen atoms in total. The van der Waals surface area contributed by atoms with Crippen LogP contribution in [0.2, 0.25) is 0 Å². The Hall–Kier alpha value is -0.320. The standard InChI is InChI=1S/C10H11BrO2S/c11-9-5-7(6-14-9)10(12)8-3-1-2-4-13-8/h3,5-6,10,12H,1-2,4H2. The summed E-state index contributed by atoms with van der Waals surface area (Å²) in [6, 6.07) is 1.92. The summed E-state index contributed by atoms with van der Waals surface area (Å²) in [6.45, 7) is 0.716. The zero-order chi connectivity index (χ0) is 9.97. The molecule has 1 aliphatic heterocycles. The topological polar surface area (TPSA) is 29.5 Å². The number of aliphatic hydroxyl groups is 1. The molecule has 0 aliphatic carbocycles. The lowest BCUT2D eigenvalue weighted by atomic mass is 10.1. The van der Waals surface area contributed by atoms with E-state index in [-0.39, 0.29) is 0 Å². The zero-order valence-electron chi connectivity index (χ0n) is 7.57. The lowest BCUT2D eigenvalue weighted by molar-refractivity contribution is 0.0920. The lowest BCUT2D eigenvalue weighted by Gasteiger charge is -2.18. The van der Waals surface area contributed by atoms with Crippen LogP contribution in [0.25, 0.3) is 0 Å². The summed E-state index contributed by atoms with van der Waals surface area (Å²) in [5, 5.41) is 11.9. The van der Waals surface area contributed by atoms with Gasteiger partial charge in [0.1, 0.15) is 11.9 Å². The van der Waals surface area contributed by atoms with E-state index in [0.29, 0.717) is 12.4 Å². The molecule has 0 aromatic carbocycles. The Labute approximate surface area is 95.3 Å². The molecule has 0 spiro atoms. The van der Waals surface area contributed by atoms with Crippen molar-refractivity contribution in [2.24, 2.45) is 0 Å². The van der Waals surface area contributed by atoms with E-state index in [4.69, 9.17) is 4.74 Å². The minimum atomic E-state index is -0.599. The van der Waals surface area contributed by atoms with Gasteiger partial charge in [-0.2, -0.15) is 0 Å². The molecule has 1 aromatic rings. The average Bonchev–Trinajstić information content (AvgIpc) is 2.65. The summed E-state index contributed by atoms with van der Waals surface area (Å²) in [4.78, 5) is 0. The fourth-order valence-electron chi connectivity index (χ4n) is 1.40. The van der Waals surface area contributed by atoms with Crippen LogP contribution < -0.4 is 0 Å². The Balaban J connectivity index is 2.14. The summed E-state index contributed by atoms with van der Waals surface area (Å²) in [7, 11) is 0. The van der Waals surface area contributed by atoms with E-state index in [1.54, 1.807) is 11.3 Å². The molecule has 0 saturated heterocycles. The van der Waals surface area contributed by atoms with Crippen molar-refractivity contribution in [1.29, 1.82) is 0 Å². The van der Waals surface area contributed by atoms with Crippen LogP contribution in [0, 0.1) is 0 Å². The Bertz CT molecular complexity index is 346. The summed E-state index contributed by atoms with van der Waals surface area (Å²) in [6.07, 6.45) is 3.42. The van der Waals surface area contributed by atoms with Crippen LogP contribution in [-0.4, -0.2) is 11.7 Å². The van der Waals surface area contributed by atoms with Crippen LogP contribution >= 0.6 is 27.3 Å². The maximum atomic E-state index is 9.95. The molecule has 2 heterocycles. The van der Waals surface area contributed by atoms with Crippen LogP contribution in [0.1, 0.15) is 24.5 Å². The van der Waals surface area contributed by atoms with E-state index in [1.165, 1.54) is 0 Å². The van der Waals surface area contributed by atoms with E-state index in [0.717, 1.165) is 22.2 Å². The van der Waals surface area contributed by atoms with Gasteiger partial charge >= 0.3 is 0 Å². The number of rotatable bonds is 2.